The maximum atomic E-state index is 11.3. The van der Waals surface area contributed by atoms with E-state index in [1.54, 1.807) is 27.9 Å². The minimum absolute atomic E-state index is 0.0690. The molecule has 0 radical (unpaired) electrons. The molecule has 5 nitrogen and oxygen atoms in total. The molecule has 0 saturated heterocycles. The van der Waals surface area contributed by atoms with Crippen LogP contribution in [0.25, 0.3) is 66.9 Å². The lowest BCUT2D eigenvalue weighted by molar-refractivity contribution is 0.457. The zero-order chi connectivity index (χ0) is 31.1. The Hall–Kier alpha value is -5.75. The second-order valence-corrected chi connectivity index (χ2v) is 11.3. The van der Waals surface area contributed by atoms with Crippen molar-refractivity contribution in [2.45, 2.75) is 13.8 Å². The summed E-state index contributed by atoms with van der Waals surface area (Å²) in [7, 11) is 1.79. The summed E-state index contributed by atoms with van der Waals surface area (Å²) >= 11 is 0. The van der Waals surface area contributed by atoms with Crippen molar-refractivity contribution < 1.29 is 10.2 Å². The van der Waals surface area contributed by atoms with E-state index in [-0.39, 0.29) is 11.5 Å². The highest BCUT2D eigenvalue weighted by atomic mass is 16.3. The average molecular weight is 584 g/mol. The number of fused-ring (bicyclic) bond motifs is 1. The number of hydrogen-bond acceptors (Lipinski definition) is 5. The fourth-order valence-corrected chi connectivity index (χ4v) is 5.96. The van der Waals surface area contributed by atoms with Crippen LogP contribution in [0.4, 0.5) is 0 Å². The Morgan fingerprint density at radius 3 is 1.93 bits per heavy atom. The third kappa shape index (κ3) is 5.10. The van der Waals surface area contributed by atoms with Crippen LogP contribution in [-0.2, 0) is 0 Å². The van der Waals surface area contributed by atoms with Crippen LogP contribution in [0.5, 0.6) is 11.5 Å². The molecule has 0 aliphatic rings. The Morgan fingerprint density at radius 1 is 0.578 bits per heavy atom. The molecule has 6 heteroatoms. The van der Waals surface area contributed by atoms with Crippen LogP contribution in [0.2, 0.25) is 0 Å². The zero-order valence-electron chi connectivity index (χ0n) is 25.3. The Balaban J connectivity index is 1.45. The van der Waals surface area contributed by atoms with E-state index in [0.717, 1.165) is 33.4 Å². The van der Waals surface area contributed by atoms with Crippen molar-refractivity contribution >= 4 is 24.1 Å². The Kier molecular flexibility index (Phi) is 7.10. The molecule has 0 fully saturated rings. The van der Waals surface area contributed by atoms with Gasteiger partial charge in [0.05, 0.1) is 17.0 Å². The van der Waals surface area contributed by atoms with Crippen LogP contribution in [0.1, 0.15) is 11.1 Å². The molecule has 0 amide bonds. The van der Waals surface area contributed by atoms with Gasteiger partial charge in [0.2, 0.25) is 0 Å². The minimum Gasteiger partial charge on any atom is -0.508 e. The maximum Gasteiger partial charge on any atom is 0.164 e. The van der Waals surface area contributed by atoms with E-state index in [0.29, 0.717) is 39.4 Å². The quantitative estimate of drug-likeness (QED) is 0.161. The highest BCUT2D eigenvalue weighted by molar-refractivity contribution is 6.36. The van der Waals surface area contributed by atoms with Crippen molar-refractivity contribution in [3.63, 3.8) is 0 Å². The molecule has 7 rings (SSSR count). The number of phenolic OH excluding ortho intramolecular Hbond substituents is 2. The largest absolute Gasteiger partial charge is 0.508 e. The Labute approximate surface area is 263 Å². The molecule has 0 saturated carbocycles. The molecule has 2 N–H and O–H groups in total. The van der Waals surface area contributed by atoms with E-state index >= 15 is 0 Å². The predicted molar refractivity (Wildman–Crippen MR) is 185 cm³/mol. The molecule has 0 aliphatic heterocycles. The average Bonchev–Trinajstić information content (AvgIpc) is 3.10. The van der Waals surface area contributed by atoms with Gasteiger partial charge in [-0.2, -0.15) is 0 Å². The lowest BCUT2D eigenvalue weighted by Gasteiger charge is -2.17. The van der Waals surface area contributed by atoms with Gasteiger partial charge in [-0.15, -0.1) is 0 Å². The Bertz CT molecular complexity index is 2200. The molecule has 7 aromatic rings. The molecule has 2 aromatic heterocycles. The number of rotatable bonds is 5. The number of aromatic hydroxyl groups is 2. The summed E-state index contributed by atoms with van der Waals surface area (Å²) in [4.78, 5) is 14.3. The first-order chi connectivity index (χ1) is 21.9. The van der Waals surface area contributed by atoms with Gasteiger partial charge in [-0.05, 0) is 76.6 Å². The summed E-state index contributed by atoms with van der Waals surface area (Å²) in [5.41, 5.74) is 9.65. The molecule has 0 aliphatic carbocycles. The first-order valence-electron chi connectivity index (χ1n) is 14.9. The Morgan fingerprint density at radius 2 is 1.20 bits per heavy atom. The lowest BCUT2D eigenvalue weighted by atomic mass is 9.85. The molecule has 5 aromatic carbocycles. The van der Waals surface area contributed by atoms with Crippen LogP contribution < -0.4 is 5.46 Å². The lowest BCUT2D eigenvalue weighted by Crippen LogP contribution is -2.11. The second kappa shape index (κ2) is 11.4. The van der Waals surface area contributed by atoms with Gasteiger partial charge in [0, 0.05) is 34.6 Å². The van der Waals surface area contributed by atoms with Gasteiger partial charge in [-0.1, -0.05) is 84.9 Å². The molecule has 0 atom stereocenters. The molecular weight excluding hydrogens is 553 g/mol. The topological polar surface area (TPSA) is 79.1 Å². The fourth-order valence-electron chi connectivity index (χ4n) is 5.96. The van der Waals surface area contributed by atoms with Gasteiger partial charge in [-0.25, -0.2) is 9.97 Å². The van der Waals surface area contributed by atoms with Crippen LogP contribution in [0, 0.1) is 13.8 Å². The van der Waals surface area contributed by atoms with E-state index in [1.165, 1.54) is 10.8 Å². The van der Waals surface area contributed by atoms with Gasteiger partial charge in [0.15, 0.2) is 5.82 Å². The van der Waals surface area contributed by atoms with E-state index in [4.69, 9.17) is 9.97 Å². The molecular formula is C39H30BN3O2. The predicted octanol–water partition coefficient (Wildman–Crippen LogP) is 7.65. The van der Waals surface area contributed by atoms with Crippen LogP contribution in [0.15, 0.2) is 122 Å². The maximum absolute atomic E-state index is 11.3. The van der Waals surface area contributed by atoms with Gasteiger partial charge in [0.1, 0.15) is 19.3 Å². The van der Waals surface area contributed by atoms with E-state index in [1.807, 2.05) is 48.7 Å². The summed E-state index contributed by atoms with van der Waals surface area (Å²) < 4.78 is 0. The molecule has 45 heavy (non-hydrogen) atoms. The monoisotopic (exact) mass is 583 g/mol. The van der Waals surface area contributed by atoms with Gasteiger partial charge in [0.25, 0.3) is 0 Å². The summed E-state index contributed by atoms with van der Waals surface area (Å²) in [6.07, 6.45) is 3.60. The fraction of sp³-hybridized carbons (Fsp3) is 0.0513. The smallest absolute Gasteiger partial charge is 0.164 e. The first-order valence-corrected chi connectivity index (χ1v) is 14.9. The number of phenols is 2. The third-order valence-electron chi connectivity index (χ3n) is 8.60. The number of nitrogens with zero attached hydrogens (tertiary/aromatic N) is 3. The van der Waals surface area contributed by atoms with E-state index in [9.17, 15) is 10.2 Å². The van der Waals surface area contributed by atoms with Gasteiger partial charge in [-0.3, -0.25) is 4.98 Å². The second-order valence-electron chi connectivity index (χ2n) is 11.3. The number of hydrogen-bond donors (Lipinski definition) is 2. The molecule has 2 heterocycles. The van der Waals surface area contributed by atoms with Crippen LogP contribution in [-0.4, -0.2) is 33.0 Å². The highest BCUT2D eigenvalue weighted by Crippen LogP contribution is 2.39. The van der Waals surface area contributed by atoms with Crippen molar-refractivity contribution in [1.29, 1.82) is 0 Å². The SMILES string of the molecule is Bc1c(C)c(O)c(C)c(-c2nc(-c3cccc(-c4cccnc4)c3)cc(-c3cccc(-c4cccc5ccccc45)c3)n2)c1O. The van der Waals surface area contributed by atoms with E-state index < -0.39 is 0 Å². The molecule has 0 unspecified atom stereocenters. The van der Waals surface area contributed by atoms with Crippen LogP contribution in [0.3, 0.4) is 0 Å². The van der Waals surface area contributed by atoms with Gasteiger partial charge >= 0.3 is 0 Å². The summed E-state index contributed by atoms with van der Waals surface area (Å²) in [5, 5.41) is 24.7. The molecule has 0 spiro atoms. The van der Waals surface area contributed by atoms with Crippen molar-refractivity contribution in [2.75, 3.05) is 0 Å². The normalized spacial score (nSPS) is 11.2. The molecule has 0 bridgehead atoms. The minimum atomic E-state index is 0.0690. The number of aromatic nitrogens is 3. The summed E-state index contributed by atoms with van der Waals surface area (Å²) in [5.74, 6) is 0.546. The van der Waals surface area contributed by atoms with Gasteiger partial charge < -0.3 is 10.2 Å². The standard InChI is InChI=1S/C39H30BN3O2/c1-23-35(38(45)36(40)24(2)37(23)44)39-42-33(28-13-5-11-26(19-28)30-15-8-18-41-22-30)21-34(43-39)29-14-6-12-27(20-29)32-17-7-10-25-9-3-4-16-31(25)32/h3-22,44-45H,40H2,1-2H3. The van der Waals surface area contributed by atoms with Crippen molar-refractivity contribution in [2.24, 2.45) is 0 Å². The van der Waals surface area contributed by atoms with Crippen LogP contribution >= 0.6 is 0 Å². The van der Waals surface area contributed by atoms with Crippen molar-refractivity contribution in [3.8, 4) is 67.7 Å². The zero-order valence-corrected chi connectivity index (χ0v) is 25.3. The first kappa shape index (κ1) is 28.1. The highest BCUT2D eigenvalue weighted by Gasteiger charge is 2.22. The number of benzene rings is 5. The van der Waals surface area contributed by atoms with Crippen molar-refractivity contribution in [1.82, 2.24) is 15.0 Å². The molecule has 216 valence electrons. The number of pyridine rings is 1. The third-order valence-corrected chi connectivity index (χ3v) is 8.60. The summed E-state index contributed by atoms with van der Waals surface area (Å²) in [6, 6.07) is 37.2. The van der Waals surface area contributed by atoms with E-state index in [2.05, 4.69) is 71.7 Å². The summed E-state index contributed by atoms with van der Waals surface area (Å²) in [6.45, 7) is 3.59. The van der Waals surface area contributed by atoms with Crippen molar-refractivity contribution in [3.05, 3.63) is 133 Å².